The van der Waals surface area contributed by atoms with Crippen molar-refractivity contribution in [2.75, 3.05) is 36.4 Å². The van der Waals surface area contributed by atoms with Gasteiger partial charge in [0.2, 0.25) is 10.0 Å². The minimum atomic E-state index is -4.44. The third-order valence-corrected chi connectivity index (χ3v) is 5.51. The SMILES string of the molecule is NS(=O)(=O)c1cccc(NC(=O)N2CCCN(c3ccc(C(F)(F)F)cn3)CC2)c1. The highest BCUT2D eigenvalue weighted by Gasteiger charge is 2.31. The van der Waals surface area contributed by atoms with E-state index in [1.54, 1.807) is 11.0 Å². The van der Waals surface area contributed by atoms with Gasteiger partial charge in [-0.1, -0.05) is 6.07 Å². The van der Waals surface area contributed by atoms with E-state index in [0.29, 0.717) is 38.4 Å². The van der Waals surface area contributed by atoms with Gasteiger partial charge in [0.15, 0.2) is 0 Å². The monoisotopic (exact) mass is 443 g/mol. The van der Waals surface area contributed by atoms with E-state index >= 15 is 0 Å². The van der Waals surface area contributed by atoms with Crippen molar-refractivity contribution < 1.29 is 26.4 Å². The Kier molecular flexibility index (Phi) is 6.17. The first-order valence-electron chi connectivity index (χ1n) is 9.01. The molecule has 0 spiro atoms. The number of nitrogens with two attached hydrogens (primary N) is 1. The largest absolute Gasteiger partial charge is 0.417 e. The van der Waals surface area contributed by atoms with E-state index in [1.807, 2.05) is 4.90 Å². The van der Waals surface area contributed by atoms with Crippen LogP contribution in [0.4, 0.5) is 29.5 Å². The Bertz CT molecular complexity index is 1010. The lowest BCUT2D eigenvalue weighted by Crippen LogP contribution is -2.38. The normalized spacial score (nSPS) is 15.6. The number of benzene rings is 1. The molecule has 0 aliphatic carbocycles. The first-order valence-corrected chi connectivity index (χ1v) is 10.6. The average molecular weight is 443 g/mol. The first kappa shape index (κ1) is 21.8. The molecule has 1 saturated heterocycles. The summed E-state index contributed by atoms with van der Waals surface area (Å²) < 4.78 is 61.0. The second-order valence-corrected chi connectivity index (χ2v) is 8.29. The van der Waals surface area contributed by atoms with Crippen LogP contribution >= 0.6 is 0 Å². The van der Waals surface area contributed by atoms with Crippen molar-refractivity contribution in [3.05, 3.63) is 48.2 Å². The number of anilines is 2. The first-order chi connectivity index (χ1) is 14.0. The van der Waals surface area contributed by atoms with Crippen LogP contribution in [-0.4, -0.2) is 50.5 Å². The van der Waals surface area contributed by atoms with E-state index < -0.39 is 27.8 Å². The van der Waals surface area contributed by atoms with E-state index in [9.17, 15) is 26.4 Å². The molecule has 1 aromatic carbocycles. The number of hydrogen-bond acceptors (Lipinski definition) is 5. The van der Waals surface area contributed by atoms with E-state index in [4.69, 9.17) is 5.14 Å². The maximum absolute atomic E-state index is 12.7. The number of alkyl halides is 3. The van der Waals surface area contributed by atoms with E-state index in [1.165, 1.54) is 24.3 Å². The summed E-state index contributed by atoms with van der Waals surface area (Å²) in [5.41, 5.74) is -0.527. The number of nitrogens with zero attached hydrogens (tertiary/aromatic N) is 3. The zero-order valence-electron chi connectivity index (χ0n) is 15.8. The molecule has 162 valence electrons. The lowest BCUT2D eigenvalue weighted by atomic mass is 10.2. The highest BCUT2D eigenvalue weighted by molar-refractivity contribution is 7.89. The number of aromatic nitrogens is 1. The number of urea groups is 1. The number of rotatable bonds is 3. The van der Waals surface area contributed by atoms with Crippen molar-refractivity contribution in [1.29, 1.82) is 0 Å². The van der Waals surface area contributed by atoms with Gasteiger partial charge in [-0.05, 0) is 36.8 Å². The Morgan fingerprint density at radius 1 is 1.10 bits per heavy atom. The zero-order valence-corrected chi connectivity index (χ0v) is 16.6. The lowest BCUT2D eigenvalue weighted by Gasteiger charge is -2.23. The third kappa shape index (κ3) is 5.39. The summed E-state index contributed by atoms with van der Waals surface area (Å²) in [6.07, 6.45) is -3.06. The molecule has 0 atom stereocenters. The van der Waals surface area contributed by atoms with Crippen LogP contribution < -0.4 is 15.4 Å². The van der Waals surface area contributed by atoms with Crippen molar-refractivity contribution >= 4 is 27.6 Å². The molecule has 8 nitrogen and oxygen atoms in total. The van der Waals surface area contributed by atoms with Gasteiger partial charge < -0.3 is 15.1 Å². The molecule has 2 aromatic rings. The summed E-state index contributed by atoms with van der Waals surface area (Å²) in [6, 6.07) is 7.49. The predicted octanol–water partition coefficient (Wildman–Crippen LogP) is 2.49. The van der Waals surface area contributed by atoms with Gasteiger partial charge in [-0.25, -0.2) is 23.3 Å². The second kappa shape index (κ2) is 8.48. The summed E-state index contributed by atoms with van der Waals surface area (Å²) in [6.45, 7) is 1.67. The van der Waals surface area contributed by atoms with Crippen molar-refractivity contribution in [3.63, 3.8) is 0 Å². The highest BCUT2D eigenvalue weighted by Crippen LogP contribution is 2.29. The molecule has 30 heavy (non-hydrogen) atoms. The zero-order chi connectivity index (χ0) is 21.9. The fourth-order valence-electron chi connectivity index (χ4n) is 3.04. The molecule has 2 amide bonds. The fourth-order valence-corrected chi connectivity index (χ4v) is 3.60. The fraction of sp³-hybridized carbons (Fsp3) is 0.333. The second-order valence-electron chi connectivity index (χ2n) is 6.73. The molecular weight excluding hydrogens is 423 g/mol. The average Bonchev–Trinajstić information content (AvgIpc) is 2.93. The molecule has 0 bridgehead atoms. The summed E-state index contributed by atoms with van der Waals surface area (Å²) in [4.78, 5) is 19.7. The summed E-state index contributed by atoms with van der Waals surface area (Å²) in [5, 5.41) is 7.74. The van der Waals surface area contributed by atoms with Crippen LogP contribution in [-0.2, 0) is 16.2 Å². The number of nitrogens with one attached hydrogen (secondary N) is 1. The maximum Gasteiger partial charge on any atom is 0.417 e. The molecule has 0 unspecified atom stereocenters. The maximum atomic E-state index is 12.7. The van der Waals surface area contributed by atoms with Crippen LogP contribution in [0.5, 0.6) is 0 Å². The molecule has 1 aliphatic rings. The van der Waals surface area contributed by atoms with Crippen molar-refractivity contribution in [2.24, 2.45) is 5.14 Å². The molecule has 0 radical (unpaired) electrons. The smallest absolute Gasteiger partial charge is 0.355 e. The van der Waals surface area contributed by atoms with Gasteiger partial charge >= 0.3 is 12.2 Å². The molecule has 2 heterocycles. The van der Waals surface area contributed by atoms with Crippen LogP contribution in [0, 0.1) is 0 Å². The Morgan fingerprint density at radius 2 is 1.87 bits per heavy atom. The van der Waals surface area contributed by atoms with Gasteiger partial charge in [0, 0.05) is 38.1 Å². The van der Waals surface area contributed by atoms with Gasteiger partial charge in [0.25, 0.3) is 0 Å². The summed E-state index contributed by atoms with van der Waals surface area (Å²) in [5.74, 6) is 0.408. The molecule has 1 aliphatic heterocycles. The minimum Gasteiger partial charge on any atom is -0.355 e. The number of carbonyl (C=O) groups is 1. The summed E-state index contributed by atoms with van der Waals surface area (Å²) in [7, 11) is -3.89. The molecule has 0 saturated carbocycles. The number of primary sulfonamides is 1. The van der Waals surface area contributed by atoms with Crippen LogP contribution in [0.25, 0.3) is 0 Å². The van der Waals surface area contributed by atoms with Crippen LogP contribution in [0.3, 0.4) is 0 Å². The predicted molar refractivity (Wildman–Crippen MR) is 104 cm³/mol. The summed E-state index contributed by atoms with van der Waals surface area (Å²) >= 11 is 0. The molecule has 3 N–H and O–H groups in total. The van der Waals surface area contributed by atoms with E-state index in [2.05, 4.69) is 10.3 Å². The van der Waals surface area contributed by atoms with Crippen LogP contribution in [0.15, 0.2) is 47.5 Å². The number of amides is 2. The Balaban J connectivity index is 1.63. The quantitative estimate of drug-likeness (QED) is 0.758. The van der Waals surface area contributed by atoms with Crippen molar-refractivity contribution in [1.82, 2.24) is 9.88 Å². The molecule has 3 rings (SSSR count). The minimum absolute atomic E-state index is 0.115. The Morgan fingerprint density at radius 3 is 2.50 bits per heavy atom. The molecule has 1 fully saturated rings. The van der Waals surface area contributed by atoms with Crippen molar-refractivity contribution in [2.45, 2.75) is 17.5 Å². The van der Waals surface area contributed by atoms with E-state index in [-0.39, 0.29) is 10.6 Å². The number of hydrogen-bond donors (Lipinski definition) is 2. The molecule has 12 heteroatoms. The number of pyridine rings is 1. The van der Waals surface area contributed by atoms with Gasteiger partial charge in [0.1, 0.15) is 5.82 Å². The van der Waals surface area contributed by atoms with Gasteiger partial charge in [-0.2, -0.15) is 13.2 Å². The topological polar surface area (TPSA) is 109 Å². The molecular formula is C18H20F3N5O3S. The molecule has 1 aromatic heterocycles. The van der Waals surface area contributed by atoms with Crippen molar-refractivity contribution in [3.8, 4) is 0 Å². The standard InChI is InChI=1S/C18H20F3N5O3S/c19-18(20,21)13-5-6-16(23-12-13)25-7-2-8-26(10-9-25)17(27)24-14-3-1-4-15(11-14)30(22,28)29/h1,3-6,11-12H,2,7-10H2,(H,24,27)(H2,22,28,29). The highest BCUT2D eigenvalue weighted by atomic mass is 32.2. The third-order valence-electron chi connectivity index (χ3n) is 4.60. The number of sulfonamides is 1. The van der Waals surface area contributed by atoms with E-state index in [0.717, 1.165) is 12.3 Å². The Labute approximate surface area is 171 Å². The Hall–Kier alpha value is -2.86. The number of halogens is 3. The van der Waals surface area contributed by atoms with Gasteiger partial charge in [0.05, 0.1) is 10.5 Å². The number of carbonyl (C=O) groups excluding carboxylic acids is 1. The van der Waals surface area contributed by atoms with Crippen LogP contribution in [0.1, 0.15) is 12.0 Å². The van der Waals surface area contributed by atoms with Gasteiger partial charge in [-0.15, -0.1) is 0 Å². The van der Waals surface area contributed by atoms with Gasteiger partial charge in [-0.3, -0.25) is 0 Å². The lowest BCUT2D eigenvalue weighted by molar-refractivity contribution is -0.137. The van der Waals surface area contributed by atoms with Crippen LogP contribution in [0.2, 0.25) is 0 Å².